The zero-order chi connectivity index (χ0) is 20.3. The first-order valence-corrected chi connectivity index (χ1v) is 8.62. The lowest BCUT2D eigenvalue weighted by Crippen LogP contribution is -2.29. The Morgan fingerprint density at radius 2 is 1.79 bits per heavy atom. The van der Waals surface area contributed by atoms with E-state index in [1.807, 2.05) is 0 Å². The molecule has 142 valence electrons. The molecule has 0 radical (unpaired) electrons. The molecule has 3 rings (SSSR count). The van der Waals surface area contributed by atoms with Crippen molar-refractivity contribution in [2.45, 2.75) is 6.92 Å². The molecule has 0 unspecified atom stereocenters. The van der Waals surface area contributed by atoms with Crippen LogP contribution < -0.4 is 10.2 Å². The van der Waals surface area contributed by atoms with Crippen molar-refractivity contribution < 1.29 is 23.9 Å². The molecule has 1 heterocycles. The van der Waals surface area contributed by atoms with Crippen LogP contribution in [0.3, 0.4) is 0 Å². The number of aryl methyl sites for hydroxylation is 1. The van der Waals surface area contributed by atoms with E-state index in [0.29, 0.717) is 10.7 Å². The van der Waals surface area contributed by atoms with E-state index in [9.17, 15) is 19.2 Å². The minimum Gasteiger partial charge on any atom is -0.452 e. The Morgan fingerprint density at radius 3 is 2.46 bits per heavy atom. The van der Waals surface area contributed by atoms with E-state index in [4.69, 9.17) is 16.3 Å². The zero-order valence-electron chi connectivity index (χ0n) is 14.8. The molecular weight excluding hydrogens is 384 g/mol. The number of esters is 1. The summed E-state index contributed by atoms with van der Waals surface area (Å²) in [7, 11) is 0. The van der Waals surface area contributed by atoms with Gasteiger partial charge in [-0.2, -0.15) is 0 Å². The molecular formula is C20H15ClN2O5. The lowest BCUT2D eigenvalue weighted by molar-refractivity contribution is -0.120. The van der Waals surface area contributed by atoms with Crippen LogP contribution in [0.1, 0.15) is 15.9 Å². The molecule has 0 fully saturated rings. The second-order valence-electron chi connectivity index (χ2n) is 5.98. The number of hydrogen-bond donors (Lipinski definition) is 1. The Morgan fingerprint density at radius 1 is 1.07 bits per heavy atom. The third-order valence-electron chi connectivity index (χ3n) is 3.95. The number of ether oxygens (including phenoxy) is 1. The number of carbonyl (C=O) groups excluding carboxylic acids is 4. The van der Waals surface area contributed by atoms with Gasteiger partial charge >= 0.3 is 5.97 Å². The summed E-state index contributed by atoms with van der Waals surface area (Å²) in [5.41, 5.74) is 1.69. The van der Waals surface area contributed by atoms with Crippen LogP contribution in [-0.2, 0) is 19.1 Å². The summed E-state index contributed by atoms with van der Waals surface area (Å²) in [6.07, 6.45) is 2.30. The number of nitrogens with zero attached hydrogens (tertiary/aromatic N) is 1. The number of anilines is 2. The molecule has 2 aromatic rings. The number of nitrogens with one attached hydrogen (secondary N) is 1. The number of imide groups is 1. The molecule has 3 amide bonds. The van der Waals surface area contributed by atoms with Crippen LogP contribution in [-0.4, -0.2) is 30.3 Å². The van der Waals surface area contributed by atoms with Crippen molar-refractivity contribution in [3.63, 3.8) is 0 Å². The van der Waals surface area contributed by atoms with Crippen molar-refractivity contribution in [3.8, 4) is 0 Å². The van der Waals surface area contributed by atoms with Crippen LogP contribution >= 0.6 is 11.6 Å². The maximum absolute atomic E-state index is 12.2. The van der Waals surface area contributed by atoms with Crippen LogP contribution in [0.5, 0.6) is 0 Å². The summed E-state index contributed by atoms with van der Waals surface area (Å²) in [5, 5.41) is 3.18. The first kappa shape index (κ1) is 19.3. The molecule has 0 saturated heterocycles. The van der Waals surface area contributed by atoms with Gasteiger partial charge in [0.15, 0.2) is 6.61 Å². The average molecular weight is 399 g/mol. The van der Waals surface area contributed by atoms with Gasteiger partial charge in [-0.3, -0.25) is 14.4 Å². The zero-order valence-corrected chi connectivity index (χ0v) is 15.5. The van der Waals surface area contributed by atoms with Gasteiger partial charge in [-0.05, 0) is 48.9 Å². The van der Waals surface area contributed by atoms with Gasteiger partial charge < -0.3 is 10.1 Å². The van der Waals surface area contributed by atoms with Crippen molar-refractivity contribution in [1.29, 1.82) is 0 Å². The smallest absolute Gasteiger partial charge is 0.338 e. The highest BCUT2D eigenvalue weighted by Gasteiger charge is 2.25. The normalized spacial score (nSPS) is 13.0. The fourth-order valence-corrected chi connectivity index (χ4v) is 2.82. The second-order valence-corrected chi connectivity index (χ2v) is 6.42. The molecule has 0 bridgehead atoms. The van der Waals surface area contributed by atoms with Gasteiger partial charge in [-0.15, -0.1) is 0 Å². The van der Waals surface area contributed by atoms with Crippen molar-refractivity contribution in [2.24, 2.45) is 0 Å². The Hall–Kier alpha value is -3.45. The van der Waals surface area contributed by atoms with Gasteiger partial charge in [0.05, 0.1) is 11.3 Å². The maximum atomic E-state index is 12.2. The highest BCUT2D eigenvalue weighted by atomic mass is 35.5. The number of benzene rings is 2. The molecule has 0 aliphatic carbocycles. The van der Waals surface area contributed by atoms with Gasteiger partial charge in [-0.25, -0.2) is 9.69 Å². The van der Waals surface area contributed by atoms with E-state index in [1.165, 1.54) is 24.3 Å². The maximum Gasteiger partial charge on any atom is 0.338 e. The second kappa shape index (κ2) is 8.06. The first-order chi connectivity index (χ1) is 13.3. The molecule has 0 atom stereocenters. The van der Waals surface area contributed by atoms with E-state index in [2.05, 4.69) is 5.32 Å². The molecule has 1 aliphatic rings. The highest BCUT2D eigenvalue weighted by molar-refractivity contribution is 6.30. The summed E-state index contributed by atoms with van der Waals surface area (Å²) < 4.78 is 5.02. The van der Waals surface area contributed by atoms with Crippen LogP contribution in [0.4, 0.5) is 11.4 Å². The van der Waals surface area contributed by atoms with Crippen molar-refractivity contribution >= 4 is 46.7 Å². The lowest BCUT2D eigenvalue weighted by Gasteiger charge is -2.14. The third kappa shape index (κ3) is 4.27. The SMILES string of the molecule is Cc1cc(Cl)ccc1NC(=O)COC(=O)c1cccc(N2C(=O)C=CC2=O)c1. The van der Waals surface area contributed by atoms with Gasteiger partial charge in [0.2, 0.25) is 0 Å². The largest absolute Gasteiger partial charge is 0.452 e. The quantitative estimate of drug-likeness (QED) is 0.617. The van der Waals surface area contributed by atoms with Gasteiger partial charge in [0.1, 0.15) is 0 Å². The van der Waals surface area contributed by atoms with Gasteiger partial charge in [-0.1, -0.05) is 17.7 Å². The van der Waals surface area contributed by atoms with Crippen LogP contribution in [0, 0.1) is 6.92 Å². The van der Waals surface area contributed by atoms with E-state index >= 15 is 0 Å². The number of hydrogen-bond acceptors (Lipinski definition) is 5. The third-order valence-corrected chi connectivity index (χ3v) is 4.18. The summed E-state index contributed by atoms with van der Waals surface area (Å²) in [4.78, 5) is 48.7. The Bertz CT molecular complexity index is 997. The molecule has 28 heavy (non-hydrogen) atoms. The summed E-state index contributed by atoms with van der Waals surface area (Å²) in [6.45, 7) is 1.29. The van der Waals surface area contributed by atoms with Crippen molar-refractivity contribution in [3.05, 3.63) is 70.8 Å². The number of halogens is 1. The molecule has 1 N–H and O–H groups in total. The van der Waals surface area contributed by atoms with Crippen molar-refractivity contribution in [1.82, 2.24) is 0 Å². The lowest BCUT2D eigenvalue weighted by atomic mass is 10.2. The average Bonchev–Trinajstić information content (AvgIpc) is 3.00. The predicted molar refractivity (Wildman–Crippen MR) is 103 cm³/mol. The van der Waals surface area contributed by atoms with E-state index in [0.717, 1.165) is 22.6 Å². The van der Waals surface area contributed by atoms with Crippen LogP contribution in [0.25, 0.3) is 0 Å². The van der Waals surface area contributed by atoms with Crippen LogP contribution in [0.15, 0.2) is 54.6 Å². The number of rotatable bonds is 5. The summed E-state index contributed by atoms with van der Waals surface area (Å²) in [6, 6.07) is 10.8. The molecule has 0 spiro atoms. The topological polar surface area (TPSA) is 92.8 Å². The first-order valence-electron chi connectivity index (χ1n) is 8.24. The monoisotopic (exact) mass is 398 g/mol. The molecule has 0 aromatic heterocycles. The molecule has 2 aromatic carbocycles. The molecule has 7 nitrogen and oxygen atoms in total. The summed E-state index contributed by atoms with van der Waals surface area (Å²) >= 11 is 5.87. The number of carbonyl (C=O) groups is 4. The predicted octanol–water partition coefficient (Wildman–Crippen LogP) is 2.87. The summed E-state index contributed by atoms with van der Waals surface area (Å²) in [5.74, 6) is -2.25. The highest BCUT2D eigenvalue weighted by Crippen LogP contribution is 2.21. The standard InChI is InChI=1S/C20H15ClN2O5/c1-12-9-14(21)5-6-16(12)22-17(24)11-28-20(27)13-3-2-4-15(10-13)23-18(25)7-8-19(23)26/h2-10H,11H2,1H3,(H,22,24). The van der Waals surface area contributed by atoms with E-state index < -0.39 is 30.3 Å². The Labute approximate surface area is 165 Å². The molecule has 0 saturated carbocycles. The van der Waals surface area contributed by atoms with Crippen LogP contribution in [0.2, 0.25) is 5.02 Å². The molecule has 8 heteroatoms. The number of amides is 3. The fourth-order valence-electron chi connectivity index (χ4n) is 2.59. The van der Waals surface area contributed by atoms with E-state index in [1.54, 1.807) is 25.1 Å². The Kier molecular flexibility index (Phi) is 5.56. The van der Waals surface area contributed by atoms with E-state index in [-0.39, 0.29) is 11.3 Å². The Balaban J connectivity index is 1.62. The minimum absolute atomic E-state index is 0.112. The minimum atomic E-state index is -0.753. The van der Waals surface area contributed by atoms with Crippen molar-refractivity contribution in [2.75, 3.05) is 16.8 Å². The van der Waals surface area contributed by atoms with Gasteiger partial charge in [0, 0.05) is 22.9 Å². The van der Waals surface area contributed by atoms with Gasteiger partial charge in [0.25, 0.3) is 17.7 Å². The fraction of sp³-hybridized carbons (Fsp3) is 0.100. The molecule has 1 aliphatic heterocycles.